The molecule has 0 saturated carbocycles. The third-order valence-electron chi connectivity index (χ3n) is 5.64. The van der Waals surface area contributed by atoms with Gasteiger partial charge < -0.3 is 21.7 Å². The van der Waals surface area contributed by atoms with Crippen molar-refractivity contribution < 1.29 is 0 Å². The lowest BCUT2D eigenvalue weighted by atomic mass is 10.00. The topological polar surface area (TPSA) is 67.3 Å². The summed E-state index contributed by atoms with van der Waals surface area (Å²) in [5.74, 6) is 0. The van der Waals surface area contributed by atoms with E-state index in [1.165, 1.54) is 46.6 Å². The molecule has 1 fully saturated rings. The number of fused-ring (bicyclic) bond motifs is 1. The van der Waals surface area contributed by atoms with Gasteiger partial charge in [-0.05, 0) is 74.4 Å². The van der Waals surface area contributed by atoms with E-state index in [9.17, 15) is 0 Å². The minimum Gasteiger partial charge on any atom is -0.399 e. The van der Waals surface area contributed by atoms with Crippen molar-refractivity contribution in [3.8, 4) is 0 Å². The molecule has 158 valence electrons. The molecule has 2 aliphatic rings. The Morgan fingerprint density at radius 2 is 1.90 bits per heavy atom. The lowest BCUT2D eigenvalue weighted by Crippen LogP contribution is -2.17. The number of rotatable bonds is 3. The first-order valence-corrected chi connectivity index (χ1v) is 10.6. The van der Waals surface area contributed by atoms with Crippen LogP contribution in [0, 0.1) is 0 Å². The summed E-state index contributed by atoms with van der Waals surface area (Å²) in [6.07, 6.45) is 4.53. The average Bonchev–Trinajstić information content (AvgIpc) is 3.24. The highest BCUT2D eigenvalue weighted by molar-refractivity contribution is 5.67. The Morgan fingerprint density at radius 3 is 2.60 bits per heavy atom. The zero-order chi connectivity index (χ0) is 21.7. The van der Waals surface area contributed by atoms with Crippen molar-refractivity contribution in [3.05, 3.63) is 89.3 Å². The fraction of sp³-hybridized carbons (Fsp3) is 0.308. The van der Waals surface area contributed by atoms with E-state index in [2.05, 4.69) is 67.6 Å². The van der Waals surface area contributed by atoms with E-state index in [1.54, 1.807) is 0 Å². The van der Waals surface area contributed by atoms with Gasteiger partial charge in [-0.3, -0.25) is 0 Å². The summed E-state index contributed by atoms with van der Waals surface area (Å²) in [5.41, 5.74) is 21.9. The highest BCUT2D eigenvalue weighted by Crippen LogP contribution is 2.31. The van der Waals surface area contributed by atoms with Crippen molar-refractivity contribution in [1.29, 1.82) is 0 Å². The molecule has 0 aliphatic carbocycles. The Balaban J connectivity index is 0.000000177. The minimum atomic E-state index is 0.599. The highest BCUT2D eigenvalue weighted by Gasteiger charge is 2.19. The molecule has 4 nitrogen and oxygen atoms in total. The molecule has 2 aliphatic heterocycles. The lowest BCUT2D eigenvalue weighted by molar-refractivity contribution is 0.914. The van der Waals surface area contributed by atoms with Crippen molar-refractivity contribution in [2.24, 2.45) is 11.5 Å². The van der Waals surface area contributed by atoms with Crippen molar-refractivity contribution in [2.45, 2.75) is 46.1 Å². The van der Waals surface area contributed by atoms with Gasteiger partial charge in [-0.15, -0.1) is 0 Å². The third kappa shape index (κ3) is 5.14. The van der Waals surface area contributed by atoms with E-state index < -0.39 is 0 Å². The van der Waals surface area contributed by atoms with Crippen LogP contribution >= 0.6 is 0 Å². The molecule has 0 amide bonds. The van der Waals surface area contributed by atoms with Crippen LogP contribution in [0.5, 0.6) is 0 Å². The highest BCUT2D eigenvalue weighted by atomic mass is 15.2. The molecule has 4 heteroatoms. The van der Waals surface area contributed by atoms with E-state index in [-0.39, 0.29) is 0 Å². The number of aryl methyl sites for hydroxylation is 1. The van der Waals surface area contributed by atoms with Crippen LogP contribution in [0.25, 0.3) is 5.70 Å². The second kappa shape index (κ2) is 9.68. The largest absolute Gasteiger partial charge is 0.399 e. The van der Waals surface area contributed by atoms with Crippen LogP contribution in [0.2, 0.25) is 0 Å². The molecule has 0 spiro atoms. The summed E-state index contributed by atoms with van der Waals surface area (Å²) in [4.78, 5) is 2.39. The molecule has 4 rings (SSSR count). The Bertz CT molecular complexity index is 967. The molecule has 2 heterocycles. The average molecular weight is 403 g/mol. The summed E-state index contributed by atoms with van der Waals surface area (Å²) in [5, 5.41) is 3.28. The standard InChI is InChI=1S/C15H20N2.C11H14N2/c1-11(2)15-8-5-9-17(15)14-7-4-6-13(10-14)12(3)16;1-8-2-4-10-5-3-9(7-12)6-11(10)13-8/h4,6-7,10H,3,5,8-9,16H2,1-2H3;3,5-6,13H,1-2,4,7,12H2. The lowest BCUT2D eigenvalue weighted by Gasteiger charge is -2.22. The van der Waals surface area contributed by atoms with Crippen molar-refractivity contribution in [1.82, 2.24) is 0 Å². The summed E-state index contributed by atoms with van der Waals surface area (Å²) in [6.45, 7) is 13.8. The maximum Gasteiger partial charge on any atom is 0.0417 e. The summed E-state index contributed by atoms with van der Waals surface area (Å²) < 4.78 is 0. The molecule has 0 atom stereocenters. The second-order valence-electron chi connectivity index (χ2n) is 8.20. The minimum absolute atomic E-state index is 0.599. The molecule has 0 unspecified atom stereocenters. The fourth-order valence-electron chi connectivity index (χ4n) is 3.98. The van der Waals surface area contributed by atoms with Crippen LogP contribution < -0.4 is 21.7 Å². The first-order chi connectivity index (χ1) is 14.4. The predicted molar refractivity (Wildman–Crippen MR) is 130 cm³/mol. The van der Waals surface area contributed by atoms with E-state index >= 15 is 0 Å². The summed E-state index contributed by atoms with van der Waals surface area (Å²) >= 11 is 0. The smallest absolute Gasteiger partial charge is 0.0417 e. The van der Waals surface area contributed by atoms with Gasteiger partial charge in [0.2, 0.25) is 0 Å². The van der Waals surface area contributed by atoms with Crippen LogP contribution in [0.15, 0.2) is 72.6 Å². The van der Waals surface area contributed by atoms with Crippen LogP contribution in [-0.4, -0.2) is 6.54 Å². The van der Waals surface area contributed by atoms with Gasteiger partial charge in [0.15, 0.2) is 0 Å². The third-order valence-corrected chi connectivity index (χ3v) is 5.64. The maximum absolute atomic E-state index is 5.75. The van der Waals surface area contributed by atoms with Crippen molar-refractivity contribution in [2.75, 3.05) is 16.8 Å². The molecule has 0 aromatic heterocycles. The Hall–Kier alpha value is -2.98. The van der Waals surface area contributed by atoms with Gasteiger partial charge >= 0.3 is 0 Å². The van der Waals surface area contributed by atoms with Crippen LogP contribution in [-0.2, 0) is 13.0 Å². The zero-order valence-corrected chi connectivity index (χ0v) is 18.3. The molecular formula is C26H34N4. The van der Waals surface area contributed by atoms with E-state index in [1.807, 2.05) is 12.1 Å². The quantitative estimate of drug-likeness (QED) is 0.632. The molecule has 0 bridgehead atoms. The summed E-state index contributed by atoms with van der Waals surface area (Å²) in [6, 6.07) is 14.7. The monoisotopic (exact) mass is 402 g/mol. The molecule has 2 aromatic carbocycles. The molecule has 5 N–H and O–H groups in total. The van der Waals surface area contributed by atoms with Gasteiger partial charge in [-0.1, -0.05) is 43.0 Å². The van der Waals surface area contributed by atoms with Gasteiger partial charge in [-0.2, -0.15) is 0 Å². The van der Waals surface area contributed by atoms with Crippen LogP contribution in [0.4, 0.5) is 11.4 Å². The first-order valence-electron chi connectivity index (χ1n) is 10.6. The number of anilines is 2. The van der Waals surface area contributed by atoms with Gasteiger partial charge in [0.1, 0.15) is 0 Å². The first kappa shape index (κ1) is 21.7. The molecule has 0 radical (unpaired) electrons. The number of nitrogens with one attached hydrogen (secondary N) is 1. The molecular weight excluding hydrogens is 368 g/mol. The fourth-order valence-corrected chi connectivity index (χ4v) is 3.98. The van der Waals surface area contributed by atoms with Crippen molar-refractivity contribution in [3.63, 3.8) is 0 Å². The van der Waals surface area contributed by atoms with Crippen LogP contribution in [0.1, 0.15) is 49.8 Å². The van der Waals surface area contributed by atoms with Crippen LogP contribution in [0.3, 0.4) is 0 Å². The summed E-state index contributed by atoms with van der Waals surface area (Å²) in [7, 11) is 0. The number of nitrogens with zero attached hydrogens (tertiary/aromatic N) is 1. The number of hydrogen-bond donors (Lipinski definition) is 3. The second-order valence-corrected chi connectivity index (χ2v) is 8.20. The van der Waals surface area contributed by atoms with Gasteiger partial charge in [0.25, 0.3) is 0 Å². The van der Waals surface area contributed by atoms with E-state index in [0.29, 0.717) is 12.2 Å². The number of hydrogen-bond acceptors (Lipinski definition) is 4. The Labute approximate surface area is 181 Å². The van der Waals surface area contributed by atoms with E-state index in [0.717, 1.165) is 30.6 Å². The number of nitrogens with two attached hydrogens (primary N) is 2. The predicted octanol–water partition coefficient (Wildman–Crippen LogP) is 5.53. The van der Waals surface area contributed by atoms with Gasteiger partial charge in [-0.25, -0.2) is 0 Å². The van der Waals surface area contributed by atoms with Gasteiger partial charge in [0.05, 0.1) is 0 Å². The van der Waals surface area contributed by atoms with E-state index in [4.69, 9.17) is 11.5 Å². The van der Waals surface area contributed by atoms with Gasteiger partial charge in [0, 0.05) is 41.6 Å². The number of benzene rings is 2. The maximum atomic E-state index is 5.75. The number of allylic oxidation sites excluding steroid dienone is 3. The Morgan fingerprint density at radius 1 is 1.10 bits per heavy atom. The molecule has 2 aromatic rings. The normalized spacial score (nSPS) is 15.1. The molecule has 30 heavy (non-hydrogen) atoms. The SMILES string of the molecule is C=C(N)c1cccc(N2CCCC2=C(C)C)c1.C=C1CCc2ccc(CN)cc2N1. The van der Waals surface area contributed by atoms with Crippen molar-refractivity contribution >= 4 is 17.1 Å². The zero-order valence-electron chi connectivity index (χ0n) is 18.3. The molecule has 1 saturated heterocycles. The Kier molecular flexibility index (Phi) is 7.01.